The first-order chi connectivity index (χ1) is 11.6. The summed E-state index contributed by atoms with van der Waals surface area (Å²) in [7, 11) is -3.56. The number of hydrogen-bond acceptors (Lipinski definition) is 3. The van der Waals surface area contributed by atoms with E-state index in [0.29, 0.717) is 11.4 Å². The molecule has 1 fully saturated rings. The number of hydrogen-bond donors (Lipinski definition) is 1. The molecule has 1 aliphatic carbocycles. The fourth-order valence-corrected chi connectivity index (χ4v) is 3.62. The smallest absolute Gasteiger partial charge is 0.255 e. The summed E-state index contributed by atoms with van der Waals surface area (Å²) in [5.74, 6) is 0.703. The maximum Gasteiger partial charge on any atom is 0.255 e. The molecule has 1 saturated carbocycles. The van der Waals surface area contributed by atoms with Gasteiger partial charge in [-0.05, 0) is 49.5 Å². The Hall–Kier alpha value is -2.27. The van der Waals surface area contributed by atoms with Crippen LogP contribution in [0.15, 0.2) is 60.0 Å². The molecule has 1 N–H and O–H groups in total. The summed E-state index contributed by atoms with van der Waals surface area (Å²) in [5.41, 5.74) is 1.34. The Balaban J connectivity index is 1.67. The van der Waals surface area contributed by atoms with Crippen molar-refractivity contribution in [2.24, 2.45) is 0 Å². The summed E-state index contributed by atoms with van der Waals surface area (Å²) in [4.78, 5) is 0. The van der Waals surface area contributed by atoms with Gasteiger partial charge in [0.2, 0.25) is 0 Å². The highest BCUT2D eigenvalue weighted by Gasteiger charge is 2.16. The highest BCUT2D eigenvalue weighted by atomic mass is 32.2. The largest absolute Gasteiger partial charge is 0.490 e. The Kier molecular flexibility index (Phi) is 5.20. The molecule has 0 atom stereocenters. The van der Waals surface area contributed by atoms with Crippen LogP contribution in [0.25, 0.3) is 6.08 Å². The number of ether oxygens (including phenoxy) is 1. The summed E-state index contributed by atoms with van der Waals surface area (Å²) in [6, 6.07) is 16.4. The van der Waals surface area contributed by atoms with Crippen LogP contribution in [0.4, 0.5) is 5.69 Å². The minimum atomic E-state index is -3.56. The van der Waals surface area contributed by atoms with Crippen LogP contribution in [0.3, 0.4) is 0 Å². The van der Waals surface area contributed by atoms with Gasteiger partial charge in [-0.1, -0.05) is 36.4 Å². The Morgan fingerprint density at radius 2 is 1.75 bits per heavy atom. The van der Waals surface area contributed by atoms with Crippen LogP contribution in [0, 0.1) is 0 Å². The lowest BCUT2D eigenvalue weighted by atomic mass is 10.2. The lowest BCUT2D eigenvalue weighted by Gasteiger charge is -2.14. The lowest BCUT2D eigenvalue weighted by Crippen LogP contribution is -2.12. The van der Waals surface area contributed by atoms with Crippen molar-refractivity contribution in [2.75, 3.05) is 4.72 Å². The minimum absolute atomic E-state index is 0.245. The van der Waals surface area contributed by atoms with Crippen molar-refractivity contribution in [1.82, 2.24) is 0 Å². The molecule has 0 bridgehead atoms. The van der Waals surface area contributed by atoms with Gasteiger partial charge in [-0.2, -0.15) is 0 Å². The first-order valence-corrected chi connectivity index (χ1v) is 9.68. The maximum absolute atomic E-state index is 12.2. The van der Waals surface area contributed by atoms with E-state index >= 15 is 0 Å². The Bertz CT molecular complexity index is 794. The lowest BCUT2D eigenvalue weighted by molar-refractivity contribution is 0.210. The van der Waals surface area contributed by atoms with Gasteiger partial charge in [0.25, 0.3) is 10.0 Å². The average molecular weight is 343 g/mol. The molecule has 1 aliphatic rings. The SMILES string of the molecule is O=S(=O)(/C=C/c1ccccc1)Nc1cccc(OC2CCCC2)c1. The van der Waals surface area contributed by atoms with Crippen LogP contribution in [-0.4, -0.2) is 14.5 Å². The van der Waals surface area contributed by atoms with E-state index in [1.165, 1.54) is 18.2 Å². The monoisotopic (exact) mass is 343 g/mol. The fourth-order valence-electron chi connectivity index (χ4n) is 2.76. The van der Waals surface area contributed by atoms with Gasteiger partial charge in [-0.25, -0.2) is 8.42 Å². The molecule has 3 rings (SSSR count). The highest BCUT2D eigenvalue weighted by Crippen LogP contribution is 2.26. The van der Waals surface area contributed by atoms with E-state index in [9.17, 15) is 8.42 Å². The molecule has 5 heteroatoms. The van der Waals surface area contributed by atoms with Crippen molar-refractivity contribution < 1.29 is 13.2 Å². The van der Waals surface area contributed by atoms with Crippen LogP contribution < -0.4 is 9.46 Å². The molecule has 4 nitrogen and oxygen atoms in total. The van der Waals surface area contributed by atoms with Gasteiger partial charge in [-0.3, -0.25) is 4.72 Å². The molecule has 0 spiro atoms. The van der Waals surface area contributed by atoms with Gasteiger partial charge >= 0.3 is 0 Å². The first kappa shape index (κ1) is 16.6. The van der Waals surface area contributed by atoms with Gasteiger partial charge < -0.3 is 4.74 Å². The van der Waals surface area contributed by atoms with E-state index in [1.807, 2.05) is 36.4 Å². The van der Waals surface area contributed by atoms with Gasteiger partial charge in [0.05, 0.1) is 17.2 Å². The standard InChI is InChI=1S/C19H21NO3S/c21-24(22,14-13-16-7-2-1-3-8-16)20-17-9-6-12-19(15-17)23-18-10-4-5-11-18/h1-3,6-9,12-15,18,20H,4-5,10-11H2/b14-13+. The zero-order valence-electron chi connectivity index (χ0n) is 13.4. The van der Waals surface area contributed by atoms with E-state index in [0.717, 1.165) is 18.4 Å². The van der Waals surface area contributed by atoms with Gasteiger partial charge in [0.15, 0.2) is 0 Å². The second-order valence-corrected chi connectivity index (χ2v) is 7.48. The second-order valence-electron chi connectivity index (χ2n) is 5.91. The molecule has 126 valence electrons. The Morgan fingerprint density at radius 1 is 1.00 bits per heavy atom. The number of rotatable bonds is 6. The fraction of sp³-hybridized carbons (Fsp3) is 0.263. The quantitative estimate of drug-likeness (QED) is 0.844. The highest BCUT2D eigenvalue weighted by molar-refractivity contribution is 7.95. The summed E-state index contributed by atoms with van der Waals surface area (Å²) >= 11 is 0. The summed E-state index contributed by atoms with van der Waals surface area (Å²) in [6.07, 6.45) is 6.34. The Labute approximate surface area is 143 Å². The van der Waals surface area contributed by atoms with E-state index in [2.05, 4.69) is 4.72 Å². The van der Waals surface area contributed by atoms with Crippen LogP contribution in [-0.2, 0) is 10.0 Å². The van der Waals surface area contributed by atoms with E-state index in [4.69, 9.17) is 4.74 Å². The summed E-state index contributed by atoms with van der Waals surface area (Å²) in [6.45, 7) is 0. The molecule has 0 aliphatic heterocycles. The van der Waals surface area contributed by atoms with E-state index in [1.54, 1.807) is 24.3 Å². The average Bonchev–Trinajstić information content (AvgIpc) is 3.07. The first-order valence-electron chi connectivity index (χ1n) is 8.13. The van der Waals surface area contributed by atoms with Crippen molar-refractivity contribution >= 4 is 21.8 Å². The normalized spacial score (nSPS) is 15.7. The van der Waals surface area contributed by atoms with Gasteiger partial charge in [-0.15, -0.1) is 0 Å². The third kappa shape index (κ3) is 4.86. The molecule has 0 saturated heterocycles. The van der Waals surface area contributed by atoms with Crippen LogP contribution >= 0.6 is 0 Å². The van der Waals surface area contributed by atoms with E-state index < -0.39 is 10.0 Å². The summed E-state index contributed by atoms with van der Waals surface area (Å²) in [5, 5.41) is 1.17. The zero-order chi connectivity index (χ0) is 16.8. The number of sulfonamides is 1. The third-order valence-electron chi connectivity index (χ3n) is 3.94. The molecule has 0 radical (unpaired) electrons. The van der Waals surface area contributed by atoms with Gasteiger partial charge in [0, 0.05) is 6.07 Å². The third-order valence-corrected chi connectivity index (χ3v) is 4.95. The summed E-state index contributed by atoms with van der Waals surface area (Å²) < 4.78 is 32.8. The topological polar surface area (TPSA) is 55.4 Å². The molecular weight excluding hydrogens is 322 g/mol. The maximum atomic E-state index is 12.2. The minimum Gasteiger partial charge on any atom is -0.490 e. The van der Waals surface area contributed by atoms with Crippen molar-refractivity contribution in [3.05, 3.63) is 65.6 Å². The number of anilines is 1. The van der Waals surface area contributed by atoms with Crippen LogP contribution in [0.2, 0.25) is 0 Å². The molecule has 2 aromatic rings. The molecule has 0 heterocycles. The molecule has 0 unspecified atom stereocenters. The molecular formula is C19H21NO3S. The van der Waals surface area contributed by atoms with Crippen molar-refractivity contribution in [3.63, 3.8) is 0 Å². The molecule has 2 aromatic carbocycles. The van der Waals surface area contributed by atoms with E-state index in [-0.39, 0.29) is 6.10 Å². The second kappa shape index (κ2) is 7.53. The Morgan fingerprint density at radius 3 is 2.50 bits per heavy atom. The molecule has 24 heavy (non-hydrogen) atoms. The number of benzene rings is 2. The predicted molar refractivity (Wildman–Crippen MR) is 97.3 cm³/mol. The van der Waals surface area contributed by atoms with Crippen LogP contribution in [0.1, 0.15) is 31.2 Å². The predicted octanol–water partition coefficient (Wildman–Crippen LogP) is 4.42. The van der Waals surface area contributed by atoms with Crippen molar-refractivity contribution in [1.29, 1.82) is 0 Å². The zero-order valence-corrected chi connectivity index (χ0v) is 14.2. The van der Waals surface area contributed by atoms with Gasteiger partial charge in [0.1, 0.15) is 5.75 Å². The van der Waals surface area contributed by atoms with Crippen LogP contribution in [0.5, 0.6) is 5.75 Å². The molecule has 0 amide bonds. The molecule has 0 aromatic heterocycles. The van der Waals surface area contributed by atoms with Crippen molar-refractivity contribution in [3.8, 4) is 5.75 Å². The van der Waals surface area contributed by atoms with Crippen molar-refractivity contribution in [2.45, 2.75) is 31.8 Å². The number of nitrogens with one attached hydrogen (secondary N) is 1.